The minimum absolute atomic E-state index is 0.234. The first-order valence-electron chi connectivity index (χ1n) is 6.75. The van der Waals surface area contributed by atoms with E-state index in [-0.39, 0.29) is 15.8 Å². The maximum atomic E-state index is 4.52. The fraction of sp³-hybridized carbons (Fsp3) is 0.643. The zero-order valence-corrected chi connectivity index (χ0v) is 13.4. The van der Waals surface area contributed by atoms with Crippen molar-refractivity contribution in [2.75, 3.05) is 25.0 Å². The predicted octanol–water partition coefficient (Wildman–Crippen LogP) is 1.28. The summed E-state index contributed by atoms with van der Waals surface area (Å²) in [7, 11) is 2.06. The molecule has 0 spiro atoms. The quantitative estimate of drug-likeness (QED) is 0.831. The molecule has 1 aliphatic heterocycles. The molecule has 18 heavy (non-hydrogen) atoms. The monoisotopic (exact) mass is 308 g/mol. The summed E-state index contributed by atoms with van der Waals surface area (Å²) < 4.78 is 1.32. The standard InChI is InChI=1S/C14H23AsN3/c1-11(2)9-15-14-8-13(4-6-17-14)18-7-5-12(10-18)16-3/h4,6,8,11-12,16H,5,7,9-10H2,1-3H3/t12-/m1/s1. The molecule has 1 aliphatic rings. The van der Waals surface area contributed by atoms with E-state index in [1.165, 1.54) is 21.8 Å². The summed E-state index contributed by atoms with van der Waals surface area (Å²) >= 11 is 0.234. The normalized spacial score (nSPS) is 20.4. The molecule has 1 radical (unpaired) electrons. The van der Waals surface area contributed by atoms with Gasteiger partial charge in [0.25, 0.3) is 0 Å². The van der Waals surface area contributed by atoms with Crippen molar-refractivity contribution in [3.05, 3.63) is 18.3 Å². The number of likely N-dealkylation sites (N-methyl/N-ethyl adjacent to an activating group) is 1. The zero-order chi connectivity index (χ0) is 13.0. The fourth-order valence-electron chi connectivity index (χ4n) is 2.20. The number of rotatable bonds is 5. The number of anilines is 1. The van der Waals surface area contributed by atoms with Crippen LogP contribution in [-0.4, -0.2) is 46.9 Å². The third-order valence-corrected chi connectivity index (χ3v) is 6.42. The van der Waals surface area contributed by atoms with Crippen molar-refractivity contribution in [3.8, 4) is 0 Å². The van der Waals surface area contributed by atoms with Gasteiger partial charge in [-0.1, -0.05) is 0 Å². The van der Waals surface area contributed by atoms with E-state index in [4.69, 9.17) is 0 Å². The summed E-state index contributed by atoms with van der Waals surface area (Å²) in [6.45, 7) is 6.87. The van der Waals surface area contributed by atoms with Crippen LogP contribution in [0.5, 0.6) is 0 Å². The van der Waals surface area contributed by atoms with Crippen LogP contribution in [0.1, 0.15) is 20.3 Å². The molecule has 0 amide bonds. The molecule has 0 saturated carbocycles. The molecule has 1 aromatic rings. The Morgan fingerprint density at radius 2 is 2.39 bits per heavy atom. The van der Waals surface area contributed by atoms with E-state index in [0.717, 1.165) is 19.0 Å². The first-order chi connectivity index (χ1) is 8.69. The van der Waals surface area contributed by atoms with Crippen LogP contribution in [0.4, 0.5) is 5.69 Å². The van der Waals surface area contributed by atoms with Crippen LogP contribution >= 0.6 is 0 Å². The molecule has 0 unspecified atom stereocenters. The summed E-state index contributed by atoms with van der Waals surface area (Å²) in [6, 6.07) is 5.10. The van der Waals surface area contributed by atoms with Crippen molar-refractivity contribution in [3.63, 3.8) is 0 Å². The van der Waals surface area contributed by atoms with Gasteiger partial charge in [0.1, 0.15) is 0 Å². The van der Waals surface area contributed by atoms with E-state index in [1.54, 1.807) is 0 Å². The summed E-state index contributed by atoms with van der Waals surface area (Å²) in [6.07, 6.45) is 3.22. The number of nitrogens with one attached hydrogen (secondary N) is 1. The molecular formula is C14H23AsN3. The van der Waals surface area contributed by atoms with Gasteiger partial charge in [0, 0.05) is 0 Å². The van der Waals surface area contributed by atoms with Crippen LogP contribution < -0.4 is 14.7 Å². The van der Waals surface area contributed by atoms with Crippen LogP contribution in [0.2, 0.25) is 5.21 Å². The summed E-state index contributed by atoms with van der Waals surface area (Å²) in [5, 5.41) is 4.68. The second-order valence-corrected chi connectivity index (χ2v) is 7.72. The molecular weight excluding hydrogens is 285 g/mol. The topological polar surface area (TPSA) is 28.2 Å². The third kappa shape index (κ3) is 3.73. The number of pyridine rings is 1. The van der Waals surface area contributed by atoms with Crippen molar-refractivity contribution >= 4 is 25.9 Å². The van der Waals surface area contributed by atoms with E-state index >= 15 is 0 Å². The summed E-state index contributed by atoms with van der Waals surface area (Å²) in [5.74, 6) is 0.788. The number of hydrogen-bond acceptors (Lipinski definition) is 3. The van der Waals surface area contributed by atoms with Crippen molar-refractivity contribution < 1.29 is 0 Å². The molecule has 1 N–H and O–H groups in total. The molecule has 2 rings (SSSR count). The average Bonchev–Trinajstić information content (AvgIpc) is 2.85. The molecule has 99 valence electrons. The molecule has 3 nitrogen and oxygen atoms in total. The summed E-state index contributed by atoms with van der Waals surface area (Å²) in [4.78, 5) is 7.00. The molecule has 0 aliphatic carbocycles. The van der Waals surface area contributed by atoms with Gasteiger partial charge in [-0.25, -0.2) is 0 Å². The maximum absolute atomic E-state index is 4.52. The predicted molar refractivity (Wildman–Crippen MR) is 78.9 cm³/mol. The Labute approximate surface area is 117 Å². The Bertz CT molecular complexity index is 381. The van der Waals surface area contributed by atoms with Gasteiger partial charge in [0.05, 0.1) is 0 Å². The average molecular weight is 308 g/mol. The Morgan fingerprint density at radius 1 is 1.56 bits per heavy atom. The Hall–Kier alpha value is -0.532. The summed E-state index contributed by atoms with van der Waals surface area (Å²) in [5.41, 5.74) is 1.36. The SMILES string of the molecule is CN[C@@H]1CCN(c2ccnc([As]CC(C)C)c2)C1. The Morgan fingerprint density at radius 3 is 3.06 bits per heavy atom. The molecule has 0 bridgehead atoms. The molecule has 1 atom stereocenters. The van der Waals surface area contributed by atoms with Gasteiger partial charge in [0.15, 0.2) is 0 Å². The van der Waals surface area contributed by atoms with Crippen molar-refractivity contribution in [1.82, 2.24) is 10.3 Å². The van der Waals surface area contributed by atoms with E-state index in [2.05, 4.69) is 48.2 Å². The van der Waals surface area contributed by atoms with Gasteiger partial charge in [-0.05, 0) is 0 Å². The molecule has 0 aromatic carbocycles. The zero-order valence-electron chi connectivity index (χ0n) is 11.6. The van der Waals surface area contributed by atoms with Crippen LogP contribution in [0.15, 0.2) is 18.3 Å². The molecule has 2 heterocycles. The third-order valence-electron chi connectivity index (χ3n) is 3.31. The van der Waals surface area contributed by atoms with Crippen LogP contribution in [0.25, 0.3) is 0 Å². The van der Waals surface area contributed by atoms with Gasteiger partial charge in [-0.3, -0.25) is 0 Å². The van der Waals surface area contributed by atoms with Gasteiger partial charge in [-0.2, -0.15) is 0 Å². The van der Waals surface area contributed by atoms with Gasteiger partial charge in [0.2, 0.25) is 0 Å². The van der Waals surface area contributed by atoms with Crippen molar-refractivity contribution in [2.45, 2.75) is 31.5 Å². The second-order valence-electron chi connectivity index (χ2n) is 5.33. The van der Waals surface area contributed by atoms with Gasteiger partial charge < -0.3 is 0 Å². The van der Waals surface area contributed by atoms with Gasteiger partial charge >= 0.3 is 117 Å². The van der Waals surface area contributed by atoms with Gasteiger partial charge in [-0.15, -0.1) is 0 Å². The fourth-order valence-corrected chi connectivity index (χ4v) is 4.14. The van der Waals surface area contributed by atoms with E-state index in [0.29, 0.717) is 6.04 Å². The first kappa shape index (κ1) is 13.9. The molecule has 1 fully saturated rings. The number of hydrogen-bond donors (Lipinski definition) is 1. The Kier molecular flexibility index (Phi) is 5.08. The van der Waals surface area contributed by atoms with E-state index in [9.17, 15) is 0 Å². The van der Waals surface area contributed by atoms with Crippen LogP contribution in [0.3, 0.4) is 0 Å². The van der Waals surface area contributed by atoms with E-state index in [1.807, 2.05) is 6.20 Å². The van der Waals surface area contributed by atoms with E-state index < -0.39 is 0 Å². The van der Waals surface area contributed by atoms with Crippen molar-refractivity contribution in [1.29, 1.82) is 0 Å². The van der Waals surface area contributed by atoms with Crippen molar-refractivity contribution in [2.24, 2.45) is 5.92 Å². The molecule has 4 heteroatoms. The molecule has 1 aromatic heterocycles. The van der Waals surface area contributed by atoms with Crippen LogP contribution in [0, 0.1) is 5.92 Å². The number of aromatic nitrogens is 1. The molecule has 1 saturated heterocycles. The minimum atomic E-state index is 0.234. The second kappa shape index (κ2) is 6.58. The van der Waals surface area contributed by atoms with Crippen LogP contribution in [-0.2, 0) is 0 Å². The number of nitrogens with zero attached hydrogens (tertiary/aromatic N) is 2. The Balaban J connectivity index is 1.99. The first-order valence-corrected chi connectivity index (χ1v) is 9.01.